The molecule has 3 heterocycles. The number of nitrogens with zero attached hydrogens (tertiary/aromatic N) is 2. The van der Waals surface area contributed by atoms with Crippen LogP contribution >= 0.6 is 0 Å². The third-order valence-corrected chi connectivity index (χ3v) is 10.9. The first-order valence-electron chi connectivity index (χ1n) is 17.7. The van der Waals surface area contributed by atoms with Crippen LogP contribution in [0.1, 0.15) is 105 Å². The third-order valence-electron chi connectivity index (χ3n) is 10.9. The van der Waals surface area contributed by atoms with Crippen molar-refractivity contribution in [2.75, 3.05) is 0 Å². The lowest BCUT2D eigenvalue weighted by Crippen LogP contribution is -2.10. The zero-order chi connectivity index (χ0) is 34.3. The molecule has 48 heavy (non-hydrogen) atoms. The van der Waals surface area contributed by atoms with Gasteiger partial charge in [-0.3, -0.25) is 0 Å². The van der Waals surface area contributed by atoms with Crippen molar-refractivity contribution in [1.82, 2.24) is 8.97 Å². The van der Waals surface area contributed by atoms with E-state index < -0.39 is 0 Å². The molecule has 0 aliphatic heterocycles. The van der Waals surface area contributed by atoms with E-state index in [9.17, 15) is 0 Å². The summed E-state index contributed by atoms with van der Waals surface area (Å²) in [5.74, 6) is 0. The second-order valence-corrected chi connectivity index (χ2v) is 18.5. The van der Waals surface area contributed by atoms with Gasteiger partial charge >= 0.3 is 0 Å². The highest BCUT2D eigenvalue weighted by atomic mass is 15.0. The molecular formula is C46H50N2. The number of hydrogen-bond donors (Lipinski definition) is 0. The Balaban J connectivity index is 1.55. The normalized spacial score (nSPS) is 13.8. The second kappa shape index (κ2) is 9.65. The molecule has 0 unspecified atom stereocenters. The molecule has 2 nitrogen and oxygen atoms in total. The topological polar surface area (TPSA) is 9.34 Å². The summed E-state index contributed by atoms with van der Waals surface area (Å²) in [4.78, 5) is 0. The summed E-state index contributed by atoms with van der Waals surface area (Å²) in [7, 11) is 0. The van der Waals surface area contributed by atoms with Gasteiger partial charge < -0.3 is 8.97 Å². The van der Waals surface area contributed by atoms with E-state index in [4.69, 9.17) is 0 Å². The first-order chi connectivity index (χ1) is 22.3. The maximum absolute atomic E-state index is 2.53. The molecule has 0 fully saturated rings. The van der Waals surface area contributed by atoms with Crippen LogP contribution in [-0.2, 0) is 21.7 Å². The molecule has 0 N–H and O–H groups in total. The molecule has 0 aliphatic rings. The second-order valence-electron chi connectivity index (χ2n) is 18.5. The van der Waals surface area contributed by atoms with Crippen LogP contribution < -0.4 is 0 Å². The minimum Gasteiger partial charge on any atom is -0.309 e. The molecule has 0 spiro atoms. The summed E-state index contributed by atoms with van der Waals surface area (Å²) >= 11 is 0. The fourth-order valence-corrected chi connectivity index (χ4v) is 7.83. The minimum atomic E-state index is 0.0645. The molecule has 0 atom stereocenters. The molecule has 5 aromatic carbocycles. The highest BCUT2D eigenvalue weighted by Gasteiger charge is 2.25. The van der Waals surface area contributed by atoms with Gasteiger partial charge in [-0.25, -0.2) is 0 Å². The van der Waals surface area contributed by atoms with Crippen molar-refractivity contribution in [1.29, 1.82) is 0 Å². The molecule has 0 radical (unpaired) electrons. The number of hydrogen-bond acceptors (Lipinski definition) is 0. The van der Waals surface area contributed by atoms with Gasteiger partial charge in [-0.1, -0.05) is 107 Å². The smallest absolute Gasteiger partial charge is 0.0622 e. The van der Waals surface area contributed by atoms with E-state index in [2.05, 4.69) is 177 Å². The van der Waals surface area contributed by atoms with Gasteiger partial charge in [-0.2, -0.15) is 0 Å². The fourth-order valence-electron chi connectivity index (χ4n) is 7.83. The average Bonchev–Trinajstić information content (AvgIpc) is 3.62. The molecule has 0 saturated heterocycles. The van der Waals surface area contributed by atoms with E-state index in [-0.39, 0.29) is 21.7 Å². The van der Waals surface area contributed by atoms with E-state index in [1.54, 1.807) is 0 Å². The first kappa shape index (κ1) is 31.0. The van der Waals surface area contributed by atoms with Crippen molar-refractivity contribution in [3.8, 4) is 5.69 Å². The van der Waals surface area contributed by atoms with Crippen molar-refractivity contribution in [2.45, 2.75) is 105 Å². The van der Waals surface area contributed by atoms with Gasteiger partial charge in [-0.15, -0.1) is 0 Å². The summed E-state index contributed by atoms with van der Waals surface area (Å²) in [6.07, 6.45) is 0. The zero-order valence-corrected chi connectivity index (χ0v) is 31.0. The molecule has 8 rings (SSSR count). The molecule has 8 aromatic rings. The minimum absolute atomic E-state index is 0.0645. The van der Waals surface area contributed by atoms with E-state index in [1.807, 2.05) is 0 Å². The van der Waals surface area contributed by atoms with Crippen LogP contribution in [0.25, 0.3) is 65.6 Å². The van der Waals surface area contributed by atoms with Crippen LogP contribution in [0, 0.1) is 0 Å². The zero-order valence-electron chi connectivity index (χ0n) is 31.0. The highest BCUT2D eigenvalue weighted by Crippen LogP contribution is 2.45. The Morgan fingerprint density at radius 1 is 0.333 bits per heavy atom. The van der Waals surface area contributed by atoms with E-state index in [0.717, 1.165) is 0 Å². The largest absolute Gasteiger partial charge is 0.309 e. The lowest BCUT2D eigenvalue weighted by Gasteiger charge is -2.20. The van der Waals surface area contributed by atoms with E-state index in [1.165, 1.54) is 87.8 Å². The predicted molar refractivity (Wildman–Crippen MR) is 210 cm³/mol. The van der Waals surface area contributed by atoms with Crippen LogP contribution in [-0.4, -0.2) is 8.97 Å². The molecule has 2 heteroatoms. The van der Waals surface area contributed by atoms with Gasteiger partial charge in [0.25, 0.3) is 0 Å². The predicted octanol–water partition coefficient (Wildman–Crippen LogP) is 13.1. The molecule has 244 valence electrons. The van der Waals surface area contributed by atoms with Gasteiger partial charge in [0.2, 0.25) is 0 Å². The Hall–Kier alpha value is -4.30. The van der Waals surface area contributed by atoms with Crippen LogP contribution in [0.4, 0.5) is 0 Å². The lowest BCUT2D eigenvalue weighted by atomic mass is 9.85. The van der Waals surface area contributed by atoms with Gasteiger partial charge in [0, 0.05) is 38.0 Å². The fraction of sp³-hybridized carbons (Fsp3) is 0.348. The maximum Gasteiger partial charge on any atom is 0.0622 e. The Kier molecular flexibility index (Phi) is 6.23. The monoisotopic (exact) mass is 630 g/mol. The van der Waals surface area contributed by atoms with Crippen molar-refractivity contribution in [3.63, 3.8) is 0 Å². The summed E-state index contributed by atoms with van der Waals surface area (Å²) in [6, 6.07) is 33.5. The van der Waals surface area contributed by atoms with Crippen LogP contribution in [0.15, 0.2) is 84.9 Å². The quantitative estimate of drug-likeness (QED) is 0.171. The summed E-state index contributed by atoms with van der Waals surface area (Å²) in [5, 5.41) is 7.96. The standard InChI is InChI=1S/C46H50N2/c1-43(2,3)27-13-17-38-32(21-27)33-22-28(44(4,5)6)14-18-39(33)47(38)31-25-36-34-23-29(45(7,8)9)15-19-40(34)48-41-20-16-30(46(10,11)12)24-35(41)37(26-31)42(36)48/h13-26H,1-12H3. The van der Waals surface area contributed by atoms with Crippen molar-refractivity contribution in [2.24, 2.45) is 0 Å². The van der Waals surface area contributed by atoms with Gasteiger partial charge in [0.1, 0.15) is 0 Å². The first-order valence-corrected chi connectivity index (χ1v) is 17.7. The summed E-state index contributed by atoms with van der Waals surface area (Å²) in [6.45, 7) is 27.8. The summed E-state index contributed by atoms with van der Waals surface area (Å²) in [5.41, 5.74) is 13.4. The van der Waals surface area contributed by atoms with Crippen molar-refractivity contribution < 1.29 is 0 Å². The Morgan fingerprint density at radius 2 is 0.625 bits per heavy atom. The number of rotatable bonds is 1. The highest BCUT2D eigenvalue weighted by molar-refractivity contribution is 6.24. The van der Waals surface area contributed by atoms with Crippen molar-refractivity contribution in [3.05, 3.63) is 107 Å². The molecule has 0 saturated carbocycles. The summed E-state index contributed by atoms with van der Waals surface area (Å²) < 4.78 is 5.05. The Labute approximate surface area is 285 Å². The molecular weight excluding hydrogens is 581 g/mol. The van der Waals surface area contributed by atoms with Gasteiger partial charge in [0.05, 0.1) is 27.6 Å². The van der Waals surface area contributed by atoms with E-state index >= 15 is 0 Å². The Morgan fingerprint density at radius 3 is 0.938 bits per heavy atom. The maximum atomic E-state index is 2.53. The molecule has 0 aliphatic carbocycles. The lowest BCUT2D eigenvalue weighted by molar-refractivity contribution is 0.590. The molecule has 0 amide bonds. The number of aromatic nitrogens is 2. The van der Waals surface area contributed by atoms with Crippen LogP contribution in [0.2, 0.25) is 0 Å². The number of benzene rings is 5. The van der Waals surface area contributed by atoms with Gasteiger partial charge in [-0.05, 0) is 105 Å². The van der Waals surface area contributed by atoms with Gasteiger partial charge in [0.15, 0.2) is 0 Å². The average molecular weight is 631 g/mol. The third kappa shape index (κ3) is 4.51. The van der Waals surface area contributed by atoms with Crippen LogP contribution in [0.5, 0.6) is 0 Å². The van der Waals surface area contributed by atoms with Crippen LogP contribution in [0.3, 0.4) is 0 Å². The van der Waals surface area contributed by atoms with E-state index in [0.29, 0.717) is 0 Å². The number of fused-ring (bicyclic) bond motifs is 9. The molecule has 3 aromatic heterocycles. The van der Waals surface area contributed by atoms with Crippen molar-refractivity contribution >= 4 is 59.9 Å². The SMILES string of the molecule is CC(C)(C)c1ccc2c(c1)c1cc(C(C)(C)C)ccc1n2-c1cc2c3cc(C(C)(C)C)ccc3n3c4ccc(C(C)(C)C)cc4c(c1)c23. The Bertz CT molecular complexity index is 2400. The molecule has 0 bridgehead atoms.